The molecule has 0 bridgehead atoms. The van der Waals surface area contributed by atoms with E-state index in [4.69, 9.17) is 39.4 Å². The highest BCUT2D eigenvalue weighted by molar-refractivity contribution is 14.2. The van der Waals surface area contributed by atoms with Crippen LogP contribution in [0.5, 0.6) is 0 Å². The highest BCUT2D eigenvalue weighted by Crippen LogP contribution is 2.39. The van der Waals surface area contributed by atoms with E-state index >= 15 is 0 Å². The van der Waals surface area contributed by atoms with Gasteiger partial charge in [0.2, 0.25) is 0 Å². The summed E-state index contributed by atoms with van der Waals surface area (Å²) in [7, 11) is -0.752. The van der Waals surface area contributed by atoms with Gasteiger partial charge in [-0.05, 0) is 117 Å². The fourth-order valence-electron chi connectivity index (χ4n) is 8.92. The summed E-state index contributed by atoms with van der Waals surface area (Å²) in [6.45, 7) is 35.3. The van der Waals surface area contributed by atoms with Gasteiger partial charge in [-0.15, -0.1) is 3.25 Å². The molecule has 0 N–H and O–H groups in total. The molecule has 0 unspecified atom stereocenters. The van der Waals surface area contributed by atoms with Crippen LogP contribution in [0.1, 0.15) is 94.4 Å². The van der Waals surface area contributed by atoms with E-state index in [2.05, 4.69) is 164 Å². The number of anilines is 2. The van der Waals surface area contributed by atoms with Gasteiger partial charge in [0.15, 0.2) is 11.3 Å². The summed E-state index contributed by atoms with van der Waals surface area (Å²) in [5.41, 5.74) is 4.01. The SMILES string of the molecule is C/C=N/N=IS.C[Si](C)(C)CCOCN(COCC[Si](C)(C)C)c1cc(C2CCC(CC#N)CC2)nc2c(I)cnn12.C[Si](C)(C)CCOCN(COCC[Si](C)(C)C)c1cc(C2CCC(CC#N)CC2)nc2ccnn12. The van der Waals surface area contributed by atoms with Crippen molar-refractivity contribution in [3.8, 4) is 12.1 Å². The van der Waals surface area contributed by atoms with E-state index in [-0.39, 0.29) is 19.6 Å². The topological polar surface area (TPSA) is 176 Å². The van der Waals surface area contributed by atoms with Crippen molar-refractivity contribution in [3.05, 3.63) is 45.6 Å². The van der Waals surface area contributed by atoms with Crippen LogP contribution < -0.4 is 9.80 Å². The molecule has 6 rings (SSSR count). The highest BCUT2D eigenvalue weighted by atomic mass is 127. The number of nitriles is 2. The van der Waals surface area contributed by atoms with Gasteiger partial charge < -0.3 is 28.7 Å². The second kappa shape index (κ2) is 33.7. The van der Waals surface area contributed by atoms with E-state index in [0.29, 0.717) is 63.4 Å². The summed E-state index contributed by atoms with van der Waals surface area (Å²) >= 11 is 2.05. The van der Waals surface area contributed by atoms with E-state index in [9.17, 15) is 0 Å². The smallest absolute Gasteiger partial charge is 0.171 e. The summed E-state index contributed by atoms with van der Waals surface area (Å²) in [5.74, 6) is 3.86. The molecule has 77 heavy (non-hydrogen) atoms. The third-order valence-electron chi connectivity index (χ3n) is 13.9. The molecule has 0 atom stereocenters. The molecule has 0 aliphatic heterocycles. The molecule has 2 fully saturated rings. The quantitative estimate of drug-likeness (QED) is 0.0114. The lowest BCUT2D eigenvalue weighted by molar-refractivity contribution is 0.0940. The molecule has 0 amide bonds. The number of fused-ring (bicyclic) bond motifs is 2. The number of halogens is 2. The van der Waals surface area contributed by atoms with Crippen LogP contribution >= 0.6 is 52.0 Å². The predicted octanol–water partition coefficient (Wildman–Crippen LogP) is 15.3. The van der Waals surface area contributed by atoms with E-state index in [1.807, 2.05) is 34.4 Å². The van der Waals surface area contributed by atoms with Gasteiger partial charge in [-0.3, -0.25) is 0 Å². The lowest BCUT2D eigenvalue weighted by Gasteiger charge is -2.29. The van der Waals surface area contributed by atoms with Crippen molar-refractivity contribution in [3.63, 3.8) is 0 Å². The van der Waals surface area contributed by atoms with Crippen LogP contribution in [-0.4, -0.2) is 121 Å². The molecule has 0 radical (unpaired) electrons. The van der Waals surface area contributed by atoms with Crippen LogP contribution in [0.4, 0.5) is 11.6 Å². The average molecular weight is 1370 g/mol. The van der Waals surface area contributed by atoms with Crippen LogP contribution in [0.25, 0.3) is 11.3 Å². The molecule has 4 aromatic rings. The fourth-order valence-corrected chi connectivity index (χ4v) is 13.0. The molecule has 16 nitrogen and oxygen atoms in total. The Kier molecular flexibility index (Phi) is 29.4. The zero-order valence-corrected chi connectivity index (χ0v) is 58.2. The molecule has 4 aromatic heterocycles. The van der Waals surface area contributed by atoms with Crippen molar-refractivity contribution in [1.82, 2.24) is 29.2 Å². The summed E-state index contributed by atoms with van der Waals surface area (Å²) in [6.07, 6.45) is 15.4. The molecule has 4 heterocycles. The van der Waals surface area contributed by atoms with Crippen molar-refractivity contribution in [1.29, 1.82) is 10.5 Å². The van der Waals surface area contributed by atoms with Gasteiger partial charge in [0.25, 0.3) is 0 Å². The first kappa shape index (κ1) is 67.3. The van der Waals surface area contributed by atoms with Crippen LogP contribution in [0.15, 0.2) is 38.9 Å². The zero-order valence-electron chi connectivity index (χ0n) is 49.0. The fraction of sp³-hybridized carbons (Fsp3) is 0.722. The largest absolute Gasteiger partial charge is 0.361 e. The first-order chi connectivity index (χ1) is 36.4. The Morgan fingerprint density at radius 2 is 1.05 bits per heavy atom. The highest BCUT2D eigenvalue weighted by Gasteiger charge is 2.28. The Morgan fingerprint density at radius 3 is 1.42 bits per heavy atom. The molecule has 2 aliphatic carbocycles. The first-order valence-electron chi connectivity index (χ1n) is 27.8. The van der Waals surface area contributed by atoms with E-state index < -0.39 is 32.3 Å². The van der Waals surface area contributed by atoms with Gasteiger partial charge in [0.1, 0.15) is 38.6 Å². The second-order valence-electron chi connectivity index (χ2n) is 25.6. The van der Waals surface area contributed by atoms with Crippen LogP contribution in [0, 0.1) is 38.1 Å². The van der Waals surface area contributed by atoms with E-state index in [1.54, 1.807) is 6.21 Å². The molecule has 0 aromatic carbocycles. The monoisotopic (exact) mass is 1370 g/mol. The predicted molar refractivity (Wildman–Crippen MR) is 349 cm³/mol. The van der Waals surface area contributed by atoms with Gasteiger partial charge in [0, 0.05) is 119 Å². The maximum atomic E-state index is 9.09. The average Bonchev–Trinajstić information content (AvgIpc) is 4.01. The number of hydrogen-bond acceptors (Lipinski definition) is 14. The third kappa shape index (κ3) is 25.7. The Hall–Kier alpha value is -2.19. The molecule has 0 saturated heterocycles. The normalized spacial score (nSPS) is 18.6. The molecule has 2 aliphatic rings. The standard InChI is InChI=1S/C26H44IN5O2Si2.C26H45N5O2Si2.C2H5IN2S/c1-35(2,3)15-13-33-19-31(20-34-14-16-36(4,5)6)25-17-24(30-26-23(27)18-29-32(25)26)22-9-7-21(8-10-22)11-12-28;1-34(2,3)17-15-32-20-30(21-33-16-18-35(4,5)6)26-19-24(29-25-12-14-28-31(25)26)23-9-7-22(8-10-23)11-13-27;1-2-4-5-3-6/h17-18,21-22H,7-11,13-16,19-20H2,1-6H3;12,14,19,22-23H,7-11,15-18,20-21H2,1-6H3;2H,1H3,(H,5,6)/b;;4-2+. The van der Waals surface area contributed by atoms with Crippen LogP contribution in [-0.2, 0) is 18.9 Å². The second-order valence-corrected chi connectivity index (χ2v) is 51.1. The van der Waals surface area contributed by atoms with Gasteiger partial charge in [-0.25, -0.2) is 9.97 Å². The van der Waals surface area contributed by atoms with E-state index in [1.165, 1.54) is 0 Å². The summed E-state index contributed by atoms with van der Waals surface area (Å²) < 4.78 is 33.3. The Balaban J connectivity index is 0.000000301. The molecular formula is C54H94I2N12O4SSi4. The first-order valence-corrected chi connectivity index (χ1v) is 47.9. The maximum absolute atomic E-state index is 9.09. The summed E-state index contributed by atoms with van der Waals surface area (Å²) in [4.78, 5) is 14.4. The van der Waals surface area contributed by atoms with Crippen molar-refractivity contribution in [2.75, 3.05) is 63.2 Å². The lowest BCUT2D eigenvalue weighted by Crippen LogP contribution is -2.33. The Bertz CT molecular complexity index is 2450. The van der Waals surface area contributed by atoms with Gasteiger partial charge >= 0.3 is 0 Å². The zero-order chi connectivity index (χ0) is 56.7. The third-order valence-corrected chi connectivity index (χ3v) is 22.4. The van der Waals surface area contributed by atoms with Crippen LogP contribution in [0.2, 0.25) is 103 Å². The van der Waals surface area contributed by atoms with Gasteiger partial charge in [-0.1, -0.05) is 88.4 Å². The number of ether oxygens (including phenoxy) is 4. The molecule has 430 valence electrons. The number of hydrogen-bond donors (Lipinski definition) is 1. The van der Waals surface area contributed by atoms with Crippen LogP contribution in [0.3, 0.4) is 0 Å². The Labute approximate surface area is 494 Å². The summed E-state index contributed by atoms with van der Waals surface area (Å²) in [6, 6.07) is 15.6. The van der Waals surface area contributed by atoms with Crippen molar-refractivity contribution < 1.29 is 18.9 Å². The molecule has 2 saturated carbocycles. The lowest BCUT2D eigenvalue weighted by atomic mass is 9.79. The number of aromatic nitrogens is 6. The van der Waals surface area contributed by atoms with Crippen molar-refractivity contribution in [2.24, 2.45) is 20.2 Å². The number of nitrogens with zero attached hydrogens (tertiary/aromatic N) is 12. The molecular weight excluding hydrogens is 1280 g/mol. The van der Waals surface area contributed by atoms with Crippen molar-refractivity contribution >= 4 is 113 Å². The Morgan fingerprint density at radius 1 is 0.649 bits per heavy atom. The minimum atomic E-state index is -1.16. The maximum Gasteiger partial charge on any atom is 0.171 e. The minimum Gasteiger partial charge on any atom is -0.361 e. The number of thiol groups is 1. The van der Waals surface area contributed by atoms with Gasteiger partial charge in [0.05, 0.1) is 47.8 Å². The minimum absolute atomic E-state index is 0.277. The van der Waals surface area contributed by atoms with Gasteiger partial charge in [-0.2, -0.15) is 34.9 Å². The number of rotatable bonds is 27. The molecule has 23 heteroatoms. The molecule has 0 spiro atoms. The van der Waals surface area contributed by atoms with E-state index in [0.717, 1.165) is 140 Å². The van der Waals surface area contributed by atoms with Crippen molar-refractivity contribution in [2.45, 2.75) is 186 Å². The summed E-state index contributed by atoms with van der Waals surface area (Å²) in [5, 5.41) is 31.0.